The third-order valence-corrected chi connectivity index (χ3v) is 3.63. The highest BCUT2D eigenvalue weighted by atomic mass is 16.2. The lowest BCUT2D eigenvalue weighted by molar-refractivity contribution is -0.118. The first kappa shape index (κ1) is 15.5. The fraction of sp³-hybridized carbons (Fsp3) is 0.500. The average Bonchev–Trinajstić information content (AvgIpc) is 2.77. The van der Waals surface area contributed by atoms with Gasteiger partial charge in [0, 0.05) is 17.8 Å². The predicted octanol–water partition coefficient (Wildman–Crippen LogP) is 1.91. The van der Waals surface area contributed by atoms with E-state index in [1.807, 2.05) is 6.92 Å². The number of amides is 2. The summed E-state index contributed by atoms with van der Waals surface area (Å²) in [6, 6.07) is 6.86. The summed E-state index contributed by atoms with van der Waals surface area (Å²) in [4.78, 5) is 23.8. The van der Waals surface area contributed by atoms with E-state index in [4.69, 9.17) is 0 Å². The lowest BCUT2D eigenvalue weighted by Crippen LogP contribution is -2.39. The number of hydrogen-bond donors (Lipinski definition) is 3. The molecule has 5 heteroatoms. The molecule has 0 aliphatic carbocycles. The van der Waals surface area contributed by atoms with Crippen LogP contribution < -0.4 is 16.0 Å². The van der Waals surface area contributed by atoms with Gasteiger partial charge in [-0.1, -0.05) is 12.8 Å². The third kappa shape index (κ3) is 4.56. The maximum atomic E-state index is 12.2. The Hall–Kier alpha value is -1.88. The molecular formula is C16H23N3O2. The SMILES string of the molecule is CCNC(=O)c1ccc(NC(=O)C2CCCCCN2)cc1. The van der Waals surface area contributed by atoms with Gasteiger partial charge in [-0.3, -0.25) is 9.59 Å². The van der Waals surface area contributed by atoms with E-state index in [1.165, 1.54) is 6.42 Å². The first-order chi connectivity index (χ1) is 10.2. The highest BCUT2D eigenvalue weighted by molar-refractivity contribution is 5.97. The van der Waals surface area contributed by atoms with Crippen molar-refractivity contribution < 1.29 is 9.59 Å². The van der Waals surface area contributed by atoms with Gasteiger partial charge in [-0.2, -0.15) is 0 Å². The average molecular weight is 289 g/mol. The van der Waals surface area contributed by atoms with Crippen LogP contribution in [0.5, 0.6) is 0 Å². The summed E-state index contributed by atoms with van der Waals surface area (Å²) in [6.07, 6.45) is 4.27. The molecule has 0 spiro atoms. The van der Waals surface area contributed by atoms with Crippen molar-refractivity contribution >= 4 is 17.5 Å². The zero-order valence-electron chi connectivity index (χ0n) is 12.4. The summed E-state index contributed by atoms with van der Waals surface area (Å²) in [5.41, 5.74) is 1.32. The van der Waals surface area contributed by atoms with E-state index in [2.05, 4.69) is 16.0 Å². The summed E-state index contributed by atoms with van der Waals surface area (Å²) in [7, 11) is 0. The molecule has 1 atom stereocenters. The second kappa shape index (κ2) is 7.78. The first-order valence-corrected chi connectivity index (χ1v) is 7.63. The quantitative estimate of drug-likeness (QED) is 0.793. The summed E-state index contributed by atoms with van der Waals surface area (Å²) < 4.78 is 0. The molecule has 1 aromatic carbocycles. The number of anilines is 1. The van der Waals surface area contributed by atoms with Crippen molar-refractivity contribution in [3.05, 3.63) is 29.8 Å². The fourth-order valence-corrected chi connectivity index (χ4v) is 2.45. The van der Waals surface area contributed by atoms with Crippen LogP contribution in [0, 0.1) is 0 Å². The second-order valence-corrected chi connectivity index (χ2v) is 5.28. The van der Waals surface area contributed by atoms with Crippen LogP contribution in [0.25, 0.3) is 0 Å². The van der Waals surface area contributed by atoms with E-state index in [0.29, 0.717) is 12.1 Å². The fourth-order valence-electron chi connectivity index (χ4n) is 2.45. The summed E-state index contributed by atoms with van der Waals surface area (Å²) >= 11 is 0. The Labute approximate surface area is 125 Å². The topological polar surface area (TPSA) is 70.2 Å². The Kier molecular flexibility index (Phi) is 5.75. The van der Waals surface area contributed by atoms with Crippen molar-refractivity contribution in [3.63, 3.8) is 0 Å². The molecule has 1 unspecified atom stereocenters. The van der Waals surface area contributed by atoms with Crippen LogP contribution in [0.4, 0.5) is 5.69 Å². The Bertz CT molecular complexity index is 477. The van der Waals surface area contributed by atoms with Crippen LogP contribution in [0.2, 0.25) is 0 Å². The smallest absolute Gasteiger partial charge is 0.251 e. The van der Waals surface area contributed by atoms with E-state index in [9.17, 15) is 9.59 Å². The van der Waals surface area contributed by atoms with Crippen molar-refractivity contribution in [2.45, 2.75) is 38.6 Å². The van der Waals surface area contributed by atoms with E-state index < -0.39 is 0 Å². The number of carbonyl (C=O) groups is 2. The molecule has 0 bridgehead atoms. The molecule has 114 valence electrons. The normalized spacial score (nSPS) is 18.6. The summed E-state index contributed by atoms with van der Waals surface area (Å²) in [5.74, 6) is -0.0940. The first-order valence-electron chi connectivity index (χ1n) is 7.63. The number of rotatable bonds is 4. The molecule has 1 heterocycles. The van der Waals surface area contributed by atoms with Gasteiger partial charge in [0.2, 0.25) is 5.91 Å². The molecule has 0 radical (unpaired) electrons. The van der Waals surface area contributed by atoms with Crippen LogP contribution in [0.3, 0.4) is 0 Å². The van der Waals surface area contributed by atoms with Gasteiger partial charge in [0.1, 0.15) is 0 Å². The van der Waals surface area contributed by atoms with Gasteiger partial charge in [0.15, 0.2) is 0 Å². The van der Waals surface area contributed by atoms with Crippen molar-refractivity contribution in [2.24, 2.45) is 0 Å². The molecule has 1 aliphatic heterocycles. The molecule has 3 N–H and O–H groups in total. The van der Waals surface area contributed by atoms with Crippen LogP contribution in [0.15, 0.2) is 24.3 Å². The highest BCUT2D eigenvalue weighted by Gasteiger charge is 2.19. The number of nitrogens with one attached hydrogen (secondary N) is 3. The van der Waals surface area contributed by atoms with Gasteiger partial charge >= 0.3 is 0 Å². The predicted molar refractivity (Wildman–Crippen MR) is 83.3 cm³/mol. The molecular weight excluding hydrogens is 266 g/mol. The minimum atomic E-state index is -0.115. The van der Waals surface area contributed by atoms with Crippen molar-refractivity contribution in [3.8, 4) is 0 Å². The van der Waals surface area contributed by atoms with E-state index in [-0.39, 0.29) is 17.9 Å². The van der Waals surface area contributed by atoms with Crippen LogP contribution >= 0.6 is 0 Å². The lowest BCUT2D eigenvalue weighted by Gasteiger charge is -2.15. The Morgan fingerprint density at radius 2 is 1.95 bits per heavy atom. The zero-order chi connectivity index (χ0) is 15.1. The van der Waals surface area contributed by atoms with Crippen LogP contribution in [-0.2, 0) is 4.79 Å². The lowest BCUT2D eigenvalue weighted by atomic mass is 10.1. The largest absolute Gasteiger partial charge is 0.352 e. The second-order valence-electron chi connectivity index (χ2n) is 5.28. The molecule has 21 heavy (non-hydrogen) atoms. The number of carbonyl (C=O) groups excluding carboxylic acids is 2. The molecule has 2 rings (SSSR count). The molecule has 1 aliphatic rings. The van der Waals surface area contributed by atoms with Gasteiger partial charge in [-0.15, -0.1) is 0 Å². The molecule has 1 fully saturated rings. The molecule has 0 aromatic heterocycles. The molecule has 5 nitrogen and oxygen atoms in total. The maximum absolute atomic E-state index is 12.2. The zero-order valence-corrected chi connectivity index (χ0v) is 12.4. The summed E-state index contributed by atoms with van der Waals surface area (Å²) in [5, 5.41) is 8.92. The van der Waals surface area contributed by atoms with Crippen LogP contribution in [-0.4, -0.2) is 30.9 Å². The maximum Gasteiger partial charge on any atom is 0.251 e. The molecule has 1 saturated heterocycles. The molecule has 0 saturated carbocycles. The molecule has 2 amide bonds. The Balaban J connectivity index is 1.93. The standard InChI is InChI=1S/C16H23N3O2/c1-2-17-15(20)12-7-9-13(10-8-12)19-16(21)14-6-4-3-5-11-18-14/h7-10,14,18H,2-6,11H2,1H3,(H,17,20)(H,19,21). The minimum Gasteiger partial charge on any atom is -0.352 e. The van der Waals surface area contributed by atoms with Gasteiger partial charge in [-0.05, 0) is 50.6 Å². The Morgan fingerprint density at radius 3 is 2.67 bits per heavy atom. The summed E-state index contributed by atoms with van der Waals surface area (Å²) in [6.45, 7) is 3.38. The van der Waals surface area contributed by atoms with Gasteiger partial charge < -0.3 is 16.0 Å². The van der Waals surface area contributed by atoms with Gasteiger partial charge in [0.05, 0.1) is 6.04 Å². The van der Waals surface area contributed by atoms with Crippen molar-refractivity contribution in [1.29, 1.82) is 0 Å². The van der Waals surface area contributed by atoms with Gasteiger partial charge in [-0.25, -0.2) is 0 Å². The van der Waals surface area contributed by atoms with Crippen molar-refractivity contribution in [2.75, 3.05) is 18.4 Å². The monoisotopic (exact) mass is 289 g/mol. The van der Waals surface area contributed by atoms with E-state index >= 15 is 0 Å². The molecule has 1 aromatic rings. The third-order valence-electron chi connectivity index (χ3n) is 3.63. The van der Waals surface area contributed by atoms with E-state index in [1.54, 1.807) is 24.3 Å². The Morgan fingerprint density at radius 1 is 1.19 bits per heavy atom. The van der Waals surface area contributed by atoms with E-state index in [0.717, 1.165) is 31.5 Å². The minimum absolute atomic E-state index is 0.00246. The number of hydrogen-bond acceptors (Lipinski definition) is 3. The van der Waals surface area contributed by atoms with Gasteiger partial charge in [0.25, 0.3) is 5.91 Å². The number of benzene rings is 1. The van der Waals surface area contributed by atoms with Crippen molar-refractivity contribution in [1.82, 2.24) is 10.6 Å². The highest BCUT2D eigenvalue weighted by Crippen LogP contribution is 2.13. The van der Waals surface area contributed by atoms with Crippen LogP contribution in [0.1, 0.15) is 43.0 Å².